The quantitative estimate of drug-likeness (QED) is 0.894. The molecule has 3 atom stereocenters. The van der Waals surface area contributed by atoms with Gasteiger partial charge in [-0.15, -0.1) is 0 Å². The van der Waals surface area contributed by atoms with E-state index in [1.807, 2.05) is 4.68 Å². The molecular weight excluding hydrogens is 258 g/mol. The van der Waals surface area contributed by atoms with Crippen molar-refractivity contribution in [2.45, 2.75) is 66.1 Å². The molecule has 1 heterocycles. The number of aromatic nitrogens is 2. The molecule has 0 amide bonds. The topological polar surface area (TPSA) is 29.9 Å². The van der Waals surface area contributed by atoms with E-state index in [1.54, 1.807) is 0 Å². The van der Waals surface area contributed by atoms with Gasteiger partial charge in [0.05, 0.1) is 16.4 Å². The first-order valence-corrected chi connectivity index (χ1v) is 7.93. The summed E-state index contributed by atoms with van der Waals surface area (Å²) in [5.41, 5.74) is 2.17. The highest BCUT2D eigenvalue weighted by molar-refractivity contribution is 6.31. The zero-order chi connectivity index (χ0) is 14.0. The molecule has 0 radical (unpaired) electrons. The van der Waals surface area contributed by atoms with Crippen molar-refractivity contribution in [1.29, 1.82) is 0 Å². The molecule has 0 aromatic carbocycles. The van der Waals surface area contributed by atoms with Crippen LogP contribution in [0.5, 0.6) is 0 Å². The lowest BCUT2D eigenvalue weighted by atomic mass is 9.98. The van der Waals surface area contributed by atoms with Gasteiger partial charge in [0, 0.05) is 19.1 Å². The number of rotatable bonds is 5. The zero-order valence-electron chi connectivity index (χ0n) is 12.5. The number of hydrogen-bond acceptors (Lipinski definition) is 2. The number of aryl methyl sites for hydroxylation is 2. The fraction of sp³-hybridized carbons (Fsp3) is 0.800. The Bertz CT molecular complexity index is 427. The monoisotopic (exact) mass is 283 g/mol. The van der Waals surface area contributed by atoms with Crippen molar-refractivity contribution in [2.75, 3.05) is 0 Å². The second kappa shape index (κ2) is 6.27. The lowest BCUT2D eigenvalue weighted by molar-refractivity contribution is 0.365. The summed E-state index contributed by atoms with van der Waals surface area (Å²) >= 11 is 6.44. The molecule has 3 nitrogen and oxygen atoms in total. The summed E-state index contributed by atoms with van der Waals surface area (Å²) in [4.78, 5) is 0. The van der Waals surface area contributed by atoms with Crippen LogP contribution in [0.1, 0.15) is 51.9 Å². The van der Waals surface area contributed by atoms with Gasteiger partial charge in [-0.05, 0) is 38.0 Å². The van der Waals surface area contributed by atoms with Crippen molar-refractivity contribution in [3.63, 3.8) is 0 Å². The van der Waals surface area contributed by atoms with Crippen LogP contribution >= 0.6 is 11.6 Å². The van der Waals surface area contributed by atoms with E-state index in [9.17, 15) is 0 Å². The third-order valence-electron chi connectivity index (χ3n) is 4.69. The molecule has 0 bridgehead atoms. The summed E-state index contributed by atoms with van der Waals surface area (Å²) in [5.74, 6) is 1.58. The molecule has 4 heteroatoms. The fourth-order valence-corrected chi connectivity index (χ4v) is 3.40. The van der Waals surface area contributed by atoms with Gasteiger partial charge >= 0.3 is 0 Å². The Kier molecular flexibility index (Phi) is 4.91. The molecule has 0 aliphatic heterocycles. The highest BCUT2D eigenvalue weighted by atomic mass is 35.5. The Morgan fingerprint density at radius 2 is 2.05 bits per heavy atom. The molecule has 1 aliphatic carbocycles. The molecule has 0 spiro atoms. The Morgan fingerprint density at radius 3 is 2.58 bits per heavy atom. The minimum absolute atomic E-state index is 0.622. The van der Waals surface area contributed by atoms with Gasteiger partial charge in [-0.2, -0.15) is 5.10 Å². The van der Waals surface area contributed by atoms with E-state index in [4.69, 9.17) is 11.6 Å². The number of nitrogens with zero attached hydrogens (tertiary/aromatic N) is 2. The van der Waals surface area contributed by atoms with E-state index in [-0.39, 0.29) is 0 Å². The molecular formula is C15H26ClN3. The third kappa shape index (κ3) is 2.97. The predicted octanol–water partition coefficient (Wildman–Crippen LogP) is 3.64. The minimum atomic E-state index is 0.622. The second-order valence-corrected chi connectivity index (χ2v) is 6.16. The molecule has 2 rings (SSSR count). The van der Waals surface area contributed by atoms with Crippen molar-refractivity contribution < 1.29 is 0 Å². The number of nitrogens with one attached hydrogen (secondary N) is 1. The van der Waals surface area contributed by atoms with Gasteiger partial charge in [-0.25, -0.2) is 0 Å². The summed E-state index contributed by atoms with van der Waals surface area (Å²) in [5, 5.41) is 9.11. The van der Waals surface area contributed by atoms with Crippen LogP contribution in [-0.2, 0) is 19.5 Å². The molecule has 1 aromatic rings. The van der Waals surface area contributed by atoms with E-state index in [0.29, 0.717) is 6.04 Å². The molecule has 1 fully saturated rings. The van der Waals surface area contributed by atoms with Crippen LogP contribution in [0.4, 0.5) is 0 Å². The summed E-state index contributed by atoms with van der Waals surface area (Å²) in [7, 11) is 0. The highest BCUT2D eigenvalue weighted by Crippen LogP contribution is 2.31. The Morgan fingerprint density at radius 1 is 1.32 bits per heavy atom. The van der Waals surface area contributed by atoms with Crippen LogP contribution < -0.4 is 5.32 Å². The van der Waals surface area contributed by atoms with Crippen molar-refractivity contribution in [3.8, 4) is 0 Å². The van der Waals surface area contributed by atoms with E-state index >= 15 is 0 Å². The Hall–Kier alpha value is -0.540. The standard InChI is InChI=1S/C15H26ClN3/c1-5-12-15(16)14(19(6-2)18-12)9-17-13-8-7-10(3)11(13)4/h10-11,13,17H,5-9H2,1-4H3. The maximum absolute atomic E-state index is 6.44. The SMILES string of the molecule is CCc1nn(CC)c(CNC2CCC(C)C2C)c1Cl. The van der Waals surface area contributed by atoms with E-state index in [0.717, 1.165) is 47.8 Å². The van der Waals surface area contributed by atoms with E-state index in [2.05, 4.69) is 38.1 Å². The van der Waals surface area contributed by atoms with Gasteiger partial charge in [0.15, 0.2) is 0 Å². The van der Waals surface area contributed by atoms with Crippen LogP contribution in [0.2, 0.25) is 5.02 Å². The average Bonchev–Trinajstić information content (AvgIpc) is 2.89. The normalized spacial score (nSPS) is 27.1. The summed E-state index contributed by atoms with van der Waals surface area (Å²) < 4.78 is 2.04. The van der Waals surface area contributed by atoms with Crippen molar-refractivity contribution >= 4 is 11.6 Å². The highest BCUT2D eigenvalue weighted by Gasteiger charge is 2.29. The predicted molar refractivity (Wildman–Crippen MR) is 80.5 cm³/mol. The van der Waals surface area contributed by atoms with E-state index < -0.39 is 0 Å². The first kappa shape index (κ1) is 14.9. The van der Waals surface area contributed by atoms with Crippen LogP contribution in [0.25, 0.3) is 0 Å². The van der Waals surface area contributed by atoms with Gasteiger partial charge in [-0.3, -0.25) is 4.68 Å². The largest absolute Gasteiger partial charge is 0.308 e. The summed E-state index contributed by atoms with van der Waals surface area (Å²) in [6.07, 6.45) is 3.51. The lowest BCUT2D eigenvalue weighted by Gasteiger charge is -2.20. The van der Waals surface area contributed by atoms with Gasteiger partial charge in [0.25, 0.3) is 0 Å². The van der Waals surface area contributed by atoms with Gasteiger partial charge < -0.3 is 5.32 Å². The fourth-order valence-electron chi connectivity index (χ4n) is 3.07. The molecule has 3 unspecified atom stereocenters. The smallest absolute Gasteiger partial charge is 0.0863 e. The number of hydrogen-bond donors (Lipinski definition) is 1. The van der Waals surface area contributed by atoms with Crippen LogP contribution in [0, 0.1) is 11.8 Å². The van der Waals surface area contributed by atoms with Gasteiger partial charge in [0.1, 0.15) is 0 Å². The van der Waals surface area contributed by atoms with Crippen LogP contribution in [0.15, 0.2) is 0 Å². The molecule has 1 N–H and O–H groups in total. The van der Waals surface area contributed by atoms with Crippen molar-refractivity contribution in [2.24, 2.45) is 11.8 Å². The Balaban J connectivity index is 2.05. The van der Waals surface area contributed by atoms with Crippen molar-refractivity contribution in [3.05, 3.63) is 16.4 Å². The number of halogens is 1. The minimum Gasteiger partial charge on any atom is -0.308 e. The molecule has 1 aromatic heterocycles. The second-order valence-electron chi connectivity index (χ2n) is 5.78. The first-order valence-electron chi connectivity index (χ1n) is 7.55. The third-order valence-corrected chi connectivity index (χ3v) is 5.13. The van der Waals surface area contributed by atoms with Crippen LogP contribution in [0.3, 0.4) is 0 Å². The molecule has 1 aliphatic rings. The maximum Gasteiger partial charge on any atom is 0.0863 e. The van der Waals surface area contributed by atoms with Gasteiger partial charge in [0.2, 0.25) is 0 Å². The zero-order valence-corrected chi connectivity index (χ0v) is 13.3. The average molecular weight is 284 g/mol. The lowest BCUT2D eigenvalue weighted by Crippen LogP contribution is -2.32. The molecule has 19 heavy (non-hydrogen) atoms. The molecule has 0 saturated heterocycles. The summed E-state index contributed by atoms with van der Waals surface area (Å²) in [6.45, 7) is 10.6. The maximum atomic E-state index is 6.44. The Labute approximate surface area is 121 Å². The van der Waals surface area contributed by atoms with Crippen molar-refractivity contribution in [1.82, 2.24) is 15.1 Å². The van der Waals surface area contributed by atoms with Crippen LogP contribution in [-0.4, -0.2) is 15.8 Å². The van der Waals surface area contributed by atoms with E-state index in [1.165, 1.54) is 12.8 Å². The first-order chi connectivity index (χ1) is 9.08. The van der Waals surface area contributed by atoms with Gasteiger partial charge in [-0.1, -0.05) is 32.4 Å². The molecule has 108 valence electrons. The summed E-state index contributed by atoms with van der Waals surface area (Å²) in [6, 6.07) is 0.622. The molecule has 1 saturated carbocycles.